The van der Waals surface area contributed by atoms with Gasteiger partial charge in [-0.3, -0.25) is 0 Å². The van der Waals surface area contributed by atoms with E-state index in [-0.39, 0.29) is 9.92 Å². The smallest absolute Gasteiger partial charge is 0.333 e. The third-order valence-corrected chi connectivity index (χ3v) is 4.59. The number of benzene rings is 1. The number of rotatable bonds is 2. The molecule has 0 aliphatic carbocycles. The van der Waals surface area contributed by atoms with Crippen molar-refractivity contribution >= 4 is 37.4 Å². The Morgan fingerprint density at radius 1 is 1.32 bits per heavy atom. The monoisotopic (exact) mass is 420 g/mol. The number of halogens is 6. The van der Waals surface area contributed by atoms with Crippen LogP contribution in [-0.4, -0.2) is 24.6 Å². The van der Waals surface area contributed by atoms with Crippen molar-refractivity contribution in [3.63, 3.8) is 0 Å². The van der Waals surface area contributed by atoms with Gasteiger partial charge in [0.1, 0.15) is 16.2 Å². The molecule has 0 saturated heterocycles. The molecule has 11 heteroatoms. The van der Waals surface area contributed by atoms with Crippen LogP contribution in [-0.2, 0) is 16.0 Å². The van der Waals surface area contributed by atoms with Crippen LogP contribution >= 0.6 is 27.5 Å². The molecule has 1 heterocycles. The molecule has 0 atom stereocenters. The fraction of sp³-hybridized carbons (Fsp3) is 0.182. The fourth-order valence-electron chi connectivity index (χ4n) is 1.65. The minimum absolute atomic E-state index is 0.379. The van der Waals surface area contributed by atoms with Crippen LogP contribution in [0.3, 0.4) is 0 Å². The Morgan fingerprint density at radius 3 is 2.32 bits per heavy atom. The highest BCUT2D eigenvalue weighted by molar-refractivity contribution is 9.10. The Labute approximate surface area is 135 Å². The number of alkyl halides is 3. The topological polar surface area (TPSA) is 62.8 Å². The summed E-state index contributed by atoms with van der Waals surface area (Å²) in [4.78, 5) is 5.06. The molecular formula is C11H6BrClF4N2O2S. The maximum absolute atomic E-state index is 14.1. The summed E-state index contributed by atoms with van der Waals surface area (Å²) in [6.45, 7) is 0. The standard InChI is InChI=1S/C11H6BrClF4N2O2S/c1-22(20,21)4-2-5(13)7(6(14)3-4)10-18-8(9(12)19-10)11(15,16)17/h2-3H,1H3,(H,18,19). The molecule has 1 aromatic heterocycles. The van der Waals surface area contributed by atoms with Crippen LogP contribution in [0.1, 0.15) is 5.69 Å². The molecule has 4 nitrogen and oxygen atoms in total. The van der Waals surface area contributed by atoms with Crippen LogP contribution in [0.15, 0.2) is 21.6 Å². The van der Waals surface area contributed by atoms with Crippen molar-refractivity contribution in [1.29, 1.82) is 0 Å². The number of aromatic amines is 1. The van der Waals surface area contributed by atoms with Crippen molar-refractivity contribution in [3.8, 4) is 11.4 Å². The Hall–Kier alpha value is -1.13. The first-order valence-electron chi connectivity index (χ1n) is 5.43. The van der Waals surface area contributed by atoms with Gasteiger partial charge in [0.2, 0.25) is 0 Å². The Morgan fingerprint density at radius 2 is 1.91 bits per heavy atom. The van der Waals surface area contributed by atoms with Crippen molar-refractivity contribution in [2.75, 3.05) is 6.26 Å². The molecule has 0 aliphatic rings. The third kappa shape index (κ3) is 3.28. The highest BCUT2D eigenvalue weighted by atomic mass is 79.9. The summed E-state index contributed by atoms with van der Waals surface area (Å²) in [6, 6.07) is 1.61. The molecule has 0 saturated carbocycles. The molecular weight excluding hydrogens is 416 g/mol. The molecule has 1 N–H and O–H groups in total. The molecule has 1 aromatic carbocycles. The average molecular weight is 422 g/mol. The average Bonchev–Trinajstić information content (AvgIpc) is 2.68. The summed E-state index contributed by atoms with van der Waals surface area (Å²) in [6.07, 6.45) is -3.87. The number of sulfone groups is 1. The Balaban J connectivity index is 2.65. The predicted octanol–water partition coefficient (Wildman–Crippen LogP) is 4.05. The lowest BCUT2D eigenvalue weighted by atomic mass is 10.2. The molecule has 22 heavy (non-hydrogen) atoms. The largest absolute Gasteiger partial charge is 0.433 e. The van der Waals surface area contributed by atoms with Gasteiger partial charge in [-0.15, -0.1) is 0 Å². The van der Waals surface area contributed by atoms with E-state index in [1.807, 2.05) is 4.98 Å². The van der Waals surface area contributed by atoms with Crippen molar-refractivity contribution < 1.29 is 26.0 Å². The number of nitrogens with zero attached hydrogens (tertiary/aromatic N) is 1. The second-order valence-corrected chi connectivity index (χ2v) is 7.46. The molecule has 0 aliphatic heterocycles. The van der Waals surface area contributed by atoms with E-state index in [1.54, 1.807) is 0 Å². The lowest BCUT2D eigenvalue weighted by Crippen LogP contribution is -2.06. The molecule has 0 unspecified atom stereocenters. The summed E-state index contributed by atoms with van der Waals surface area (Å²) in [7, 11) is -3.72. The van der Waals surface area contributed by atoms with Gasteiger partial charge in [-0.1, -0.05) is 11.6 Å². The van der Waals surface area contributed by atoms with Crippen molar-refractivity contribution in [2.45, 2.75) is 11.1 Å². The number of hydrogen-bond acceptors (Lipinski definition) is 3. The van der Waals surface area contributed by atoms with E-state index in [4.69, 9.17) is 11.6 Å². The third-order valence-electron chi connectivity index (χ3n) is 2.62. The van der Waals surface area contributed by atoms with Gasteiger partial charge in [0, 0.05) is 6.26 Å². The normalized spacial score (nSPS) is 12.7. The molecule has 0 bridgehead atoms. The first-order chi connectivity index (χ1) is 9.91. The zero-order chi connectivity index (χ0) is 16.9. The summed E-state index contributed by atoms with van der Waals surface area (Å²) >= 11 is 8.41. The second kappa shape index (κ2) is 5.50. The predicted molar refractivity (Wildman–Crippen MR) is 74.8 cm³/mol. The van der Waals surface area contributed by atoms with Crippen LogP contribution in [0.4, 0.5) is 17.6 Å². The van der Waals surface area contributed by atoms with E-state index in [0.29, 0.717) is 6.07 Å². The lowest BCUT2D eigenvalue weighted by Gasteiger charge is -2.06. The van der Waals surface area contributed by atoms with Gasteiger partial charge in [-0.05, 0) is 28.1 Å². The Bertz CT molecular complexity index is 825. The summed E-state index contributed by atoms with van der Waals surface area (Å²) in [5, 5.41) is -0.379. The number of aromatic nitrogens is 2. The van der Waals surface area contributed by atoms with E-state index in [0.717, 1.165) is 12.3 Å². The number of imidazole rings is 1. The van der Waals surface area contributed by atoms with Crippen molar-refractivity contribution in [3.05, 3.63) is 33.3 Å². The molecule has 0 radical (unpaired) electrons. The van der Waals surface area contributed by atoms with Crippen LogP contribution in [0, 0.1) is 5.82 Å². The van der Waals surface area contributed by atoms with Gasteiger partial charge in [0.25, 0.3) is 0 Å². The van der Waals surface area contributed by atoms with Crippen LogP contribution in [0.2, 0.25) is 5.02 Å². The van der Waals surface area contributed by atoms with Crippen LogP contribution in [0.5, 0.6) is 0 Å². The molecule has 2 aromatic rings. The first kappa shape index (κ1) is 17.2. The number of H-pyrrole nitrogens is 1. The minimum atomic E-state index is -4.72. The molecule has 0 amide bonds. The van der Waals surface area contributed by atoms with Crippen LogP contribution < -0.4 is 0 Å². The van der Waals surface area contributed by atoms with E-state index in [9.17, 15) is 26.0 Å². The zero-order valence-corrected chi connectivity index (χ0v) is 13.8. The number of nitrogens with one attached hydrogen (secondary N) is 1. The second-order valence-electron chi connectivity index (χ2n) is 4.28. The molecule has 120 valence electrons. The maximum Gasteiger partial charge on any atom is 0.433 e. The van der Waals surface area contributed by atoms with Gasteiger partial charge in [-0.2, -0.15) is 13.2 Å². The first-order valence-corrected chi connectivity index (χ1v) is 8.49. The van der Waals surface area contributed by atoms with Crippen LogP contribution in [0.25, 0.3) is 11.4 Å². The van der Waals surface area contributed by atoms with Gasteiger partial charge in [0.05, 0.1) is 15.5 Å². The SMILES string of the molecule is CS(=O)(=O)c1cc(F)c(-c2nc(Br)c(C(F)(F)F)[nH]2)c(Cl)c1. The van der Waals surface area contributed by atoms with Gasteiger partial charge < -0.3 is 4.98 Å². The van der Waals surface area contributed by atoms with E-state index < -0.39 is 43.5 Å². The quantitative estimate of drug-likeness (QED) is 0.744. The van der Waals surface area contributed by atoms with Gasteiger partial charge >= 0.3 is 6.18 Å². The summed E-state index contributed by atoms with van der Waals surface area (Å²) in [5.41, 5.74) is -1.66. The van der Waals surface area contributed by atoms with E-state index in [1.165, 1.54) is 0 Å². The minimum Gasteiger partial charge on any atom is -0.333 e. The fourth-order valence-corrected chi connectivity index (χ4v) is 3.16. The van der Waals surface area contributed by atoms with Crippen molar-refractivity contribution in [2.24, 2.45) is 0 Å². The zero-order valence-electron chi connectivity index (χ0n) is 10.6. The van der Waals surface area contributed by atoms with Gasteiger partial charge in [-0.25, -0.2) is 17.8 Å². The highest BCUT2D eigenvalue weighted by Gasteiger charge is 2.37. The lowest BCUT2D eigenvalue weighted by molar-refractivity contribution is -0.141. The van der Waals surface area contributed by atoms with E-state index >= 15 is 0 Å². The summed E-state index contributed by atoms with van der Waals surface area (Å²) in [5.74, 6) is -1.58. The molecule has 2 rings (SSSR count). The highest BCUT2D eigenvalue weighted by Crippen LogP contribution is 2.37. The molecule has 0 fully saturated rings. The Kier molecular flexibility index (Phi) is 4.31. The number of hydrogen-bond donors (Lipinski definition) is 1. The van der Waals surface area contributed by atoms with E-state index in [2.05, 4.69) is 20.9 Å². The van der Waals surface area contributed by atoms with Gasteiger partial charge in [0.15, 0.2) is 15.5 Å². The van der Waals surface area contributed by atoms with Crippen molar-refractivity contribution in [1.82, 2.24) is 9.97 Å². The molecule has 0 spiro atoms. The maximum atomic E-state index is 14.1. The summed E-state index contributed by atoms with van der Waals surface area (Å²) < 4.78 is 74.3.